The van der Waals surface area contributed by atoms with Crippen LogP contribution in [-0.4, -0.2) is 96.7 Å². The Morgan fingerprint density at radius 1 is 0.296 bits per heavy atom. The number of hydrogen-bond acceptors (Lipinski definition) is 15. The van der Waals surface area contributed by atoms with Gasteiger partial charge in [0.05, 0.1) is 26.4 Å². The van der Waals surface area contributed by atoms with Gasteiger partial charge in [-0.3, -0.25) is 37.3 Å². The van der Waals surface area contributed by atoms with Crippen molar-refractivity contribution in [3.63, 3.8) is 0 Å². The van der Waals surface area contributed by atoms with Crippen molar-refractivity contribution in [1.29, 1.82) is 0 Å². The maximum absolute atomic E-state index is 13.1. The number of carbonyl (C=O) groups excluding carboxylic acids is 4. The van der Waals surface area contributed by atoms with Crippen molar-refractivity contribution < 1.29 is 80.2 Å². The van der Waals surface area contributed by atoms with E-state index in [-0.39, 0.29) is 25.7 Å². The normalized spacial score (nSPS) is 14.2. The molecule has 0 saturated heterocycles. The van der Waals surface area contributed by atoms with E-state index in [1.807, 2.05) is 0 Å². The molecule has 0 aromatic heterocycles. The number of esters is 4. The van der Waals surface area contributed by atoms with Crippen LogP contribution in [0, 0.1) is 11.8 Å². The smallest absolute Gasteiger partial charge is 0.462 e. The van der Waals surface area contributed by atoms with E-state index in [0.717, 1.165) is 108 Å². The number of aliphatic hydroxyl groups is 1. The van der Waals surface area contributed by atoms with E-state index < -0.39 is 97.5 Å². The van der Waals surface area contributed by atoms with Crippen LogP contribution in [0.3, 0.4) is 0 Å². The van der Waals surface area contributed by atoms with Crippen molar-refractivity contribution in [1.82, 2.24) is 0 Å². The van der Waals surface area contributed by atoms with Crippen molar-refractivity contribution in [3.05, 3.63) is 0 Å². The molecule has 0 aliphatic rings. The molecule has 0 aliphatic carbocycles. The van der Waals surface area contributed by atoms with Crippen molar-refractivity contribution in [2.75, 3.05) is 39.6 Å². The Morgan fingerprint density at radius 3 is 0.776 bits per heavy atom. The van der Waals surface area contributed by atoms with Crippen LogP contribution >= 0.6 is 15.6 Å². The van der Waals surface area contributed by atoms with Gasteiger partial charge < -0.3 is 33.8 Å². The highest BCUT2D eigenvalue weighted by Crippen LogP contribution is 2.45. The summed E-state index contributed by atoms with van der Waals surface area (Å²) in [5.74, 6) is -0.577. The average molecular weight is 1440 g/mol. The van der Waals surface area contributed by atoms with Crippen LogP contribution in [0.5, 0.6) is 0 Å². The van der Waals surface area contributed by atoms with Crippen LogP contribution in [0.2, 0.25) is 0 Å². The zero-order valence-corrected chi connectivity index (χ0v) is 65.9. The molecule has 0 amide bonds. The topological polar surface area (TPSA) is 237 Å². The van der Waals surface area contributed by atoms with E-state index in [0.29, 0.717) is 25.7 Å². The largest absolute Gasteiger partial charge is 0.472 e. The number of unbranched alkanes of at least 4 members (excludes halogenated alkanes) is 47. The zero-order valence-electron chi connectivity index (χ0n) is 64.1. The lowest BCUT2D eigenvalue weighted by molar-refractivity contribution is -0.161. The lowest BCUT2D eigenvalue weighted by Gasteiger charge is -2.21. The Bertz CT molecular complexity index is 1890. The summed E-state index contributed by atoms with van der Waals surface area (Å²) in [7, 11) is -9.92. The highest BCUT2D eigenvalue weighted by atomic mass is 31.2. The number of hydrogen-bond donors (Lipinski definition) is 3. The Hall–Kier alpha value is -1.94. The van der Waals surface area contributed by atoms with Crippen molar-refractivity contribution in [2.24, 2.45) is 11.8 Å². The van der Waals surface area contributed by atoms with Gasteiger partial charge in [0.2, 0.25) is 0 Å². The SMILES string of the molecule is CCCCCCCCCCCCCCCCCC(=O)OC[C@H](COP(=O)(O)OC[C@@H](O)COP(=O)(O)OC[C@@H](COC(=O)CCCCCCCCC(C)CC)OC(=O)CCCCCCCCCCCCCCCCC)OC(=O)CCCCCCCCCCCCCCCCCC(C)C. The molecule has 0 aliphatic heterocycles. The predicted octanol–water partition coefficient (Wildman–Crippen LogP) is 23.5. The summed E-state index contributed by atoms with van der Waals surface area (Å²) >= 11 is 0. The Morgan fingerprint density at radius 2 is 0.520 bits per heavy atom. The third kappa shape index (κ3) is 71.1. The third-order valence-electron chi connectivity index (χ3n) is 18.8. The van der Waals surface area contributed by atoms with Gasteiger partial charge in [-0.1, -0.05) is 363 Å². The number of ether oxygens (including phenoxy) is 4. The number of phosphoric acid groups is 2. The van der Waals surface area contributed by atoms with Crippen LogP contribution < -0.4 is 0 Å². The fraction of sp³-hybridized carbons (Fsp3) is 0.949. The molecule has 582 valence electrons. The van der Waals surface area contributed by atoms with E-state index >= 15 is 0 Å². The molecular weight excluding hydrogens is 1280 g/mol. The van der Waals surface area contributed by atoms with Gasteiger partial charge in [0.15, 0.2) is 12.2 Å². The van der Waals surface area contributed by atoms with Crippen molar-refractivity contribution in [2.45, 2.75) is 432 Å². The molecule has 0 radical (unpaired) electrons. The molecule has 19 heteroatoms. The maximum Gasteiger partial charge on any atom is 0.472 e. The molecule has 0 bridgehead atoms. The first kappa shape index (κ1) is 96.1. The van der Waals surface area contributed by atoms with Crippen molar-refractivity contribution in [3.8, 4) is 0 Å². The number of rotatable bonds is 78. The van der Waals surface area contributed by atoms with Crippen LogP contribution in [0.15, 0.2) is 0 Å². The molecule has 3 unspecified atom stereocenters. The maximum atomic E-state index is 13.1. The first-order valence-electron chi connectivity index (χ1n) is 41.0. The molecule has 17 nitrogen and oxygen atoms in total. The van der Waals surface area contributed by atoms with E-state index in [1.54, 1.807) is 0 Å². The van der Waals surface area contributed by atoms with Gasteiger partial charge in [0.1, 0.15) is 19.3 Å². The molecule has 0 spiro atoms. The lowest BCUT2D eigenvalue weighted by atomic mass is 10.00. The summed E-state index contributed by atoms with van der Waals surface area (Å²) in [5, 5.41) is 10.6. The van der Waals surface area contributed by atoms with Gasteiger partial charge in [0.25, 0.3) is 0 Å². The highest BCUT2D eigenvalue weighted by Gasteiger charge is 2.30. The number of phosphoric ester groups is 2. The molecule has 0 rings (SSSR count). The van der Waals surface area contributed by atoms with Gasteiger partial charge in [-0.05, 0) is 37.5 Å². The minimum Gasteiger partial charge on any atom is -0.462 e. The number of carbonyl (C=O) groups is 4. The second-order valence-electron chi connectivity index (χ2n) is 29.2. The minimum atomic E-state index is -4.96. The summed E-state index contributed by atoms with van der Waals surface area (Å²) in [6, 6.07) is 0. The highest BCUT2D eigenvalue weighted by molar-refractivity contribution is 7.47. The zero-order chi connectivity index (χ0) is 72.1. The molecule has 6 atom stereocenters. The molecule has 0 aromatic rings. The molecule has 98 heavy (non-hydrogen) atoms. The summed E-state index contributed by atoms with van der Waals surface area (Å²) in [5.41, 5.74) is 0. The fourth-order valence-electron chi connectivity index (χ4n) is 12.2. The molecular formula is C79H154O17P2. The minimum absolute atomic E-state index is 0.107. The van der Waals surface area contributed by atoms with Gasteiger partial charge in [-0.25, -0.2) is 9.13 Å². The van der Waals surface area contributed by atoms with Crippen LogP contribution in [0.1, 0.15) is 414 Å². The van der Waals surface area contributed by atoms with Crippen LogP contribution in [-0.2, 0) is 65.4 Å². The van der Waals surface area contributed by atoms with Crippen LogP contribution in [0.25, 0.3) is 0 Å². The van der Waals surface area contributed by atoms with E-state index in [9.17, 15) is 43.2 Å². The van der Waals surface area contributed by atoms with Gasteiger partial charge in [-0.15, -0.1) is 0 Å². The molecule has 0 heterocycles. The third-order valence-corrected chi connectivity index (χ3v) is 20.7. The standard InChI is InChI=1S/C79H154O17P2/c1-7-10-12-14-16-18-20-22-25-30-34-38-42-49-55-61-76(81)89-67-74(95-78(83)63-58-52-44-40-36-32-28-24-27-29-33-37-41-47-53-59-71(4)5)69-93-97(85,86)91-65-73(80)66-92-98(87,88)94-70-75(68-90-77(82)62-56-50-46-45-48-54-60-72(6)9-3)96-79(84)64-57-51-43-39-35-31-26-23-21-19-17-15-13-11-8-2/h71-75,80H,7-70H2,1-6H3,(H,85,86)(H,87,88)/t72?,73-,74-,75-/m1/s1. The number of aliphatic hydroxyl groups excluding tert-OH is 1. The molecule has 0 saturated carbocycles. The fourth-order valence-corrected chi connectivity index (χ4v) is 13.7. The predicted molar refractivity (Wildman–Crippen MR) is 400 cm³/mol. The Kier molecular flexibility index (Phi) is 69.3. The van der Waals surface area contributed by atoms with E-state index in [2.05, 4.69) is 41.5 Å². The van der Waals surface area contributed by atoms with Crippen molar-refractivity contribution >= 4 is 39.5 Å². The van der Waals surface area contributed by atoms with E-state index in [1.165, 1.54) is 225 Å². The van der Waals surface area contributed by atoms with Gasteiger partial charge in [-0.2, -0.15) is 0 Å². The van der Waals surface area contributed by atoms with Gasteiger partial charge in [0, 0.05) is 25.7 Å². The second-order valence-corrected chi connectivity index (χ2v) is 32.1. The summed E-state index contributed by atoms with van der Waals surface area (Å²) in [6.07, 6.45) is 59.6. The summed E-state index contributed by atoms with van der Waals surface area (Å²) in [4.78, 5) is 73.0. The molecule has 0 aromatic carbocycles. The Balaban J connectivity index is 5.25. The first-order chi connectivity index (χ1) is 47.4. The monoisotopic (exact) mass is 1440 g/mol. The van der Waals surface area contributed by atoms with Gasteiger partial charge >= 0.3 is 39.5 Å². The summed E-state index contributed by atoms with van der Waals surface area (Å²) < 4.78 is 68.7. The molecule has 3 N–H and O–H groups in total. The summed E-state index contributed by atoms with van der Waals surface area (Å²) in [6.45, 7) is 9.62. The Labute approximate surface area is 600 Å². The lowest BCUT2D eigenvalue weighted by Crippen LogP contribution is -2.30. The quantitative estimate of drug-likeness (QED) is 0.0222. The second kappa shape index (κ2) is 70.7. The first-order valence-corrected chi connectivity index (χ1v) is 44.0. The average Bonchev–Trinajstić information content (AvgIpc) is 0.969. The van der Waals surface area contributed by atoms with E-state index in [4.69, 9.17) is 37.0 Å². The van der Waals surface area contributed by atoms with Crippen LogP contribution in [0.4, 0.5) is 0 Å². The molecule has 0 fully saturated rings.